The van der Waals surface area contributed by atoms with Crippen molar-refractivity contribution in [2.24, 2.45) is 0 Å². The second-order valence-electron chi connectivity index (χ2n) is 4.85. The van der Waals surface area contributed by atoms with Gasteiger partial charge >= 0.3 is 0 Å². The molecule has 2 aromatic rings. The lowest BCUT2D eigenvalue weighted by Gasteiger charge is -2.08. The Morgan fingerprint density at radius 2 is 1.95 bits per heavy atom. The van der Waals surface area contributed by atoms with Crippen LogP contribution >= 0.6 is 0 Å². The van der Waals surface area contributed by atoms with Gasteiger partial charge in [0.2, 0.25) is 0 Å². The van der Waals surface area contributed by atoms with Gasteiger partial charge in [-0.05, 0) is 30.5 Å². The second-order valence-corrected chi connectivity index (χ2v) is 4.85. The summed E-state index contributed by atoms with van der Waals surface area (Å²) in [7, 11) is 0. The zero-order chi connectivity index (χ0) is 14.9. The molecule has 0 saturated carbocycles. The molecule has 1 heterocycles. The molecule has 21 heavy (non-hydrogen) atoms. The highest BCUT2D eigenvalue weighted by Crippen LogP contribution is 2.08. The fourth-order valence-electron chi connectivity index (χ4n) is 1.99. The SMILES string of the molecule is CCCNC(=O)c1cc(NCCc2ccccc2)ccn1. The lowest BCUT2D eigenvalue weighted by atomic mass is 10.1. The molecule has 110 valence electrons. The average Bonchev–Trinajstić information content (AvgIpc) is 2.54. The van der Waals surface area contributed by atoms with Crippen molar-refractivity contribution in [3.8, 4) is 0 Å². The minimum atomic E-state index is -0.122. The van der Waals surface area contributed by atoms with Gasteiger partial charge in [-0.3, -0.25) is 9.78 Å². The number of nitrogens with zero attached hydrogens (tertiary/aromatic N) is 1. The number of carbonyl (C=O) groups excluding carboxylic acids is 1. The largest absolute Gasteiger partial charge is 0.385 e. The van der Waals surface area contributed by atoms with Gasteiger partial charge in [-0.25, -0.2) is 0 Å². The van der Waals surface area contributed by atoms with Crippen LogP contribution in [-0.2, 0) is 6.42 Å². The number of aromatic nitrogens is 1. The number of pyridine rings is 1. The van der Waals surface area contributed by atoms with Gasteiger partial charge in [-0.1, -0.05) is 37.3 Å². The molecule has 0 aliphatic heterocycles. The Morgan fingerprint density at radius 1 is 1.14 bits per heavy atom. The number of amides is 1. The third kappa shape index (κ3) is 4.91. The van der Waals surface area contributed by atoms with Gasteiger partial charge in [0.05, 0.1) is 0 Å². The van der Waals surface area contributed by atoms with Crippen LogP contribution in [-0.4, -0.2) is 24.0 Å². The minimum absolute atomic E-state index is 0.122. The van der Waals surface area contributed by atoms with Gasteiger partial charge in [-0.2, -0.15) is 0 Å². The van der Waals surface area contributed by atoms with Crippen LogP contribution in [0.25, 0.3) is 0 Å². The smallest absolute Gasteiger partial charge is 0.269 e. The Morgan fingerprint density at radius 3 is 2.71 bits per heavy atom. The van der Waals surface area contributed by atoms with Crippen molar-refractivity contribution in [1.29, 1.82) is 0 Å². The lowest BCUT2D eigenvalue weighted by Crippen LogP contribution is -2.25. The first-order valence-electron chi connectivity index (χ1n) is 7.31. The summed E-state index contributed by atoms with van der Waals surface area (Å²) < 4.78 is 0. The highest BCUT2D eigenvalue weighted by atomic mass is 16.1. The molecular formula is C17H21N3O. The molecule has 2 rings (SSSR count). The monoisotopic (exact) mass is 283 g/mol. The maximum atomic E-state index is 11.8. The molecule has 0 aliphatic rings. The number of rotatable bonds is 7. The predicted octanol–water partition coefficient (Wildman–Crippen LogP) is 2.88. The van der Waals surface area contributed by atoms with E-state index in [4.69, 9.17) is 0 Å². The van der Waals surface area contributed by atoms with E-state index in [1.54, 1.807) is 12.3 Å². The highest BCUT2D eigenvalue weighted by Gasteiger charge is 2.06. The van der Waals surface area contributed by atoms with Gasteiger partial charge in [-0.15, -0.1) is 0 Å². The number of carbonyl (C=O) groups is 1. The van der Waals surface area contributed by atoms with Crippen molar-refractivity contribution in [2.75, 3.05) is 18.4 Å². The molecule has 1 aromatic heterocycles. The van der Waals surface area contributed by atoms with Crippen LogP contribution in [0.1, 0.15) is 29.4 Å². The summed E-state index contributed by atoms with van der Waals surface area (Å²) in [4.78, 5) is 16.0. The molecule has 0 radical (unpaired) electrons. The Hall–Kier alpha value is -2.36. The summed E-state index contributed by atoms with van der Waals surface area (Å²) in [6.07, 6.45) is 3.52. The Balaban J connectivity index is 1.87. The molecule has 0 aliphatic carbocycles. The molecule has 4 heteroatoms. The third-order valence-electron chi connectivity index (χ3n) is 3.11. The van der Waals surface area contributed by atoms with Crippen LogP contribution in [0.2, 0.25) is 0 Å². The van der Waals surface area contributed by atoms with E-state index in [0.29, 0.717) is 12.2 Å². The quantitative estimate of drug-likeness (QED) is 0.821. The number of benzene rings is 1. The molecule has 0 atom stereocenters. The van der Waals surface area contributed by atoms with E-state index >= 15 is 0 Å². The van der Waals surface area contributed by atoms with Gasteiger partial charge in [0, 0.05) is 25.0 Å². The van der Waals surface area contributed by atoms with Crippen LogP contribution in [0.3, 0.4) is 0 Å². The van der Waals surface area contributed by atoms with E-state index in [1.807, 2.05) is 31.2 Å². The number of hydrogen-bond donors (Lipinski definition) is 2. The van der Waals surface area contributed by atoms with Crippen molar-refractivity contribution in [3.05, 3.63) is 59.9 Å². The van der Waals surface area contributed by atoms with Crippen molar-refractivity contribution in [1.82, 2.24) is 10.3 Å². The van der Waals surface area contributed by atoms with Crippen molar-refractivity contribution in [2.45, 2.75) is 19.8 Å². The highest BCUT2D eigenvalue weighted by molar-refractivity contribution is 5.93. The van der Waals surface area contributed by atoms with Crippen LogP contribution in [0.4, 0.5) is 5.69 Å². The summed E-state index contributed by atoms with van der Waals surface area (Å²) >= 11 is 0. The fourth-order valence-corrected chi connectivity index (χ4v) is 1.99. The minimum Gasteiger partial charge on any atom is -0.385 e. The topological polar surface area (TPSA) is 54.0 Å². The molecular weight excluding hydrogens is 262 g/mol. The molecule has 4 nitrogen and oxygen atoms in total. The molecule has 0 unspecified atom stereocenters. The van der Waals surface area contributed by atoms with Crippen LogP contribution < -0.4 is 10.6 Å². The lowest BCUT2D eigenvalue weighted by molar-refractivity contribution is 0.0949. The zero-order valence-electron chi connectivity index (χ0n) is 12.3. The standard InChI is InChI=1S/C17H21N3O/c1-2-10-20-17(21)16-13-15(9-12-19-16)18-11-8-14-6-4-3-5-7-14/h3-7,9,12-13H,2,8,10-11H2,1H3,(H,18,19)(H,20,21). The second kappa shape index (κ2) is 8.04. The maximum absolute atomic E-state index is 11.8. The van der Waals surface area contributed by atoms with Crippen molar-refractivity contribution >= 4 is 11.6 Å². The molecule has 1 amide bonds. The van der Waals surface area contributed by atoms with E-state index in [2.05, 4.69) is 27.8 Å². The third-order valence-corrected chi connectivity index (χ3v) is 3.11. The van der Waals surface area contributed by atoms with Crippen LogP contribution in [0.5, 0.6) is 0 Å². The summed E-state index contributed by atoms with van der Waals surface area (Å²) in [6, 6.07) is 14.0. The predicted molar refractivity (Wildman–Crippen MR) is 85.5 cm³/mol. The summed E-state index contributed by atoms with van der Waals surface area (Å²) in [5.41, 5.74) is 2.66. The van der Waals surface area contributed by atoms with E-state index in [-0.39, 0.29) is 5.91 Å². The van der Waals surface area contributed by atoms with Gasteiger partial charge in [0.25, 0.3) is 5.91 Å². The van der Waals surface area contributed by atoms with Crippen molar-refractivity contribution in [3.63, 3.8) is 0 Å². The molecule has 2 N–H and O–H groups in total. The fraction of sp³-hybridized carbons (Fsp3) is 0.294. The normalized spacial score (nSPS) is 10.1. The molecule has 0 fully saturated rings. The first kappa shape index (κ1) is 15.0. The van der Waals surface area contributed by atoms with Crippen molar-refractivity contribution < 1.29 is 4.79 Å². The summed E-state index contributed by atoms with van der Waals surface area (Å²) in [5.74, 6) is -0.122. The number of anilines is 1. The molecule has 0 spiro atoms. The first-order valence-corrected chi connectivity index (χ1v) is 7.31. The van der Waals surface area contributed by atoms with E-state index in [1.165, 1.54) is 5.56 Å². The zero-order valence-corrected chi connectivity index (χ0v) is 12.3. The van der Waals surface area contributed by atoms with E-state index in [0.717, 1.165) is 25.1 Å². The molecule has 0 bridgehead atoms. The van der Waals surface area contributed by atoms with E-state index in [9.17, 15) is 4.79 Å². The van der Waals surface area contributed by atoms with Gasteiger partial charge in [0.1, 0.15) is 5.69 Å². The molecule has 1 aromatic carbocycles. The van der Waals surface area contributed by atoms with Gasteiger partial charge in [0.15, 0.2) is 0 Å². The Bertz CT molecular complexity index is 569. The molecule has 0 saturated heterocycles. The Labute approximate surface area is 125 Å². The van der Waals surface area contributed by atoms with Gasteiger partial charge < -0.3 is 10.6 Å². The maximum Gasteiger partial charge on any atom is 0.269 e. The summed E-state index contributed by atoms with van der Waals surface area (Å²) in [5, 5.41) is 6.15. The summed E-state index contributed by atoms with van der Waals surface area (Å²) in [6.45, 7) is 3.52. The first-order chi connectivity index (χ1) is 10.3. The van der Waals surface area contributed by atoms with Crippen LogP contribution in [0.15, 0.2) is 48.7 Å². The number of hydrogen-bond acceptors (Lipinski definition) is 3. The Kier molecular flexibility index (Phi) is 5.76. The van der Waals surface area contributed by atoms with E-state index < -0.39 is 0 Å². The average molecular weight is 283 g/mol. The van der Waals surface area contributed by atoms with Crippen LogP contribution in [0, 0.1) is 0 Å². The number of nitrogens with one attached hydrogen (secondary N) is 2.